The Balaban J connectivity index is 4.23. The molecule has 9 heteroatoms. The number of phosphoric acid groups is 1. The molecule has 0 saturated heterocycles. The molecule has 0 fully saturated rings. The molecule has 0 aromatic carbocycles. The molecule has 0 aromatic heterocycles. The van der Waals surface area contributed by atoms with Crippen LogP contribution in [-0.2, 0) is 27.9 Å². The van der Waals surface area contributed by atoms with Gasteiger partial charge >= 0.3 is 13.8 Å². The van der Waals surface area contributed by atoms with E-state index in [-0.39, 0.29) is 25.8 Å². The van der Waals surface area contributed by atoms with Gasteiger partial charge in [0.25, 0.3) is 0 Å². The number of carbonyl (C=O) groups excluding carboxylic acids is 1. The first-order valence-corrected chi connectivity index (χ1v) is 20.4. The lowest BCUT2D eigenvalue weighted by Crippen LogP contribution is -2.37. The summed E-state index contributed by atoms with van der Waals surface area (Å²) < 4.78 is 34.7. The van der Waals surface area contributed by atoms with Crippen LogP contribution in [0.3, 0.4) is 0 Å². The van der Waals surface area contributed by atoms with Gasteiger partial charge < -0.3 is 18.9 Å². The van der Waals surface area contributed by atoms with Gasteiger partial charge in [-0.25, -0.2) is 4.57 Å². The molecule has 46 heavy (non-hydrogen) atoms. The quantitative estimate of drug-likeness (QED) is 0.0235. The maximum Gasteiger partial charge on any atom is 0.472 e. The van der Waals surface area contributed by atoms with Crippen molar-refractivity contribution in [1.82, 2.24) is 0 Å². The van der Waals surface area contributed by atoms with Gasteiger partial charge in [0.1, 0.15) is 19.3 Å². The van der Waals surface area contributed by atoms with Crippen molar-refractivity contribution in [2.75, 3.05) is 54.1 Å². The lowest BCUT2D eigenvalue weighted by atomic mass is 10.1. The first-order valence-electron chi connectivity index (χ1n) is 18.9. The fourth-order valence-corrected chi connectivity index (χ4v) is 5.82. The van der Waals surface area contributed by atoms with Crippen LogP contribution in [0.2, 0.25) is 0 Å². The monoisotopic (exact) mass is 677 g/mol. The third-order valence-electron chi connectivity index (χ3n) is 8.08. The van der Waals surface area contributed by atoms with Gasteiger partial charge in [-0.1, -0.05) is 129 Å². The van der Waals surface area contributed by atoms with Crippen molar-refractivity contribution in [1.29, 1.82) is 0 Å². The number of likely N-dealkylation sites (N-methyl/N-ethyl adjacent to an activating group) is 1. The van der Waals surface area contributed by atoms with Crippen LogP contribution < -0.4 is 0 Å². The van der Waals surface area contributed by atoms with Gasteiger partial charge in [0.15, 0.2) is 0 Å². The normalized spacial score (nSPS) is 14.1. The first kappa shape index (κ1) is 45.2. The molecule has 0 aliphatic carbocycles. The third kappa shape index (κ3) is 34.6. The fourth-order valence-electron chi connectivity index (χ4n) is 5.08. The molecular formula is C37H75NO7P+. The van der Waals surface area contributed by atoms with Crippen molar-refractivity contribution in [3.63, 3.8) is 0 Å². The molecule has 0 bridgehead atoms. The number of hydrogen-bond donors (Lipinski definition) is 1. The second-order valence-corrected chi connectivity index (χ2v) is 15.4. The minimum Gasteiger partial charge on any atom is -0.457 e. The first-order chi connectivity index (χ1) is 22.1. The van der Waals surface area contributed by atoms with Crippen molar-refractivity contribution in [2.24, 2.45) is 0 Å². The molecule has 1 N–H and O–H groups in total. The average Bonchev–Trinajstić information content (AvgIpc) is 2.99. The van der Waals surface area contributed by atoms with E-state index in [0.29, 0.717) is 24.1 Å². The van der Waals surface area contributed by atoms with Crippen LogP contribution >= 0.6 is 7.82 Å². The summed E-state index contributed by atoms with van der Waals surface area (Å²) >= 11 is 0. The maximum atomic E-state index is 12.5. The number of quaternary nitrogens is 1. The number of unbranched alkanes of at least 4 members (excludes halogenated alkanes) is 19. The zero-order valence-electron chi connectivity index (χ0n) is 30.8. The predicted molar refractivity (Wildman–Crippen MR) is 192 cm³/mol. The van der Waals surface area contributed by atoms with Crippen molar-refractivity contribution in [3.8, 4) is 0 Å². The van der Waals surface area contributed by atoms with E-state index in [9.17, 15) is 14.3 Å². The number of allylic oxidation sites excluding steroid dienone is 2. The number of nitrogens with zero attached hydrogens (tertiary/aromatic N) is 1. The average molecular weight is 677 g/mol. The summed E-state index contributed by atoms with van der Waals surface area (Å²) in [5, 5.41) is 0. The topological polar surface area (TPSA) is 91.3 Å². The number of hydrogen-bond acceptors (Lipinski definition) is 6. The minimum absolute atomic E-state index is 0.0899. The van der Waals surface area contributed by atoms with E-state index in [4.69, 9.17) is 18.5 Å². The summed E-state index contributed by atoms with van der Waals surface area (Å²) in [6.45, 7) is 5.58. The molecule has 0 rings (SSSR count). The largest absolute Gasteiger partial charge is 0.472 e. The molecule has 0 aliphatic heterocycles. The highest BCUT2D eigenvalue weighted by Crippen LogP contribution is 2.43. The molecule has 2 unspecified atom stereocenters. The molecule has 2 atom stereocenters. The van der Waals surface area contributed by atoms with Crippen LogP contribution in [0.15, 0.2) is 12.2 Å². The van der Waals surface area contributed by atoms with E-state index in [0.717, 1.165) is 32.1 Å². The molecule has 8 nitrogen and oxygen atoms in total. The van der Waals surface area contributed by atoms with Crippen molar-refractivity contribution in [2.45, 2.75) is 168 Å². The maximum absolute atomic E-state index is 12.5. The Kier molecular flexibility index (Phi) is 31.0. The molecule has 0 spiro atoms. The zero-order valence-corrected chi connectivity index (χ0v) is 31.7. The van der Waals surface area contributed by atoms with Gasteiger partial charge in [-0.05, 0) is 38.5 Å². The standard InChI is InChI=1S/C37H74NO7P/c1-6-8-10-12-14-16-17-18-19-20-21-22-23-25-27-29-32-42-34-36(35-44-46(40,41)43-33-31-38(3,4)5)45-37(39)30-28-26-24-15-13-11-9-7-2/h18-19,36H,6-17,20-35H2,1-5H3/p+1/b19-18-. The van der Waals surface area contributed by atoms with Gasteiger partial charge in [0.05, 0.1) is 34.4 Å². The highest BCUT2D eigenvalue weighted by Gasteiger charge is 2.26. The van der Waals surface area contributed by atoms with Crippen LogP contribution in [0.25, 0.3) is 0 Å². The summed E-state index contributed by atoms with van der Waals surface area (Å²) in [4.78, 5) is 22.6. The Hall–Kier alpha value is -0.760. The van der Waals surface area contributed by atoms with E-state index in [2.05, 4.69) is 26.0 Å². The van der Waals surface area contributed by atoms with E-state index in [1.54, 1.807) is 0 Å². The Bertz CT molecular complexity index is 756. The second kappa shape index (κ2) is 31.5. The summed E-state index contributed by atoms with van der Waals surface area (Å²) in [6.07, 6.45) is 31.0. The number of phosphoric ester groups is 1. The molecular weight excluding hydrogens is 601 g/mol. The molecule has 0 heterocycles. The highest BCUT2D eigenvalue weighted by atomic mass is 31.2. The summed E-state index contributed by atoms with van der Waals surface area (Å²) in [6, 6.07) is 0. The molecule has 0 aromatic rings. The summed E-state index contributed by atoms with van der Waals surface area (Å²) in [5.41, 5.74) is 0. The predicted octanol–water partition coefficient (Wildman–Crippen LogP) is 10.3. The van der Waals surface area contributed by atoms with E-state index >= 15 is 0 Å². The molecule has 0 radical (unpaired) electrons. The van der Waals surface area contributed by atoms with Crippen LogP contribution in [-0.4, -0.2) is 75.6 Å². The highest BCUT2D eigenvalue weighted by molar-refractivity contribution is 7.47. The zero-order chi connectivity index (χ0) is 34.2. The number of esters is 1. The van der Waals surface area contributed by atoms with Gasteiger partial charge in [0.2, 0.25) is 0 Å². The van der Waals surface area contributed by atoms with Gasteiger partial charge in [0, 0.05) is 13.0 Å². The number of carbonyl (C=O) groups is 1. The third-order valence-corrected chi connectivity index (χ3v) is 9.06. The smallest absolute Gasteiger partial charge is 0.457 e. The minimum atomic E-state index is -4.26. The van der Waals surface area contributed by atoms with E-state index in [1.165, 1.54) is 109 Å². The van der Waals surface area contributed by atoms with E-state index in [1.807, 2.05) is 21.1 Å². The van der Waals surface area contributed by atoms with Crippen molar-refractivity contribution < 1.29 is 37.3 Å². The van der Waals surface area contributed by atoms with Gasteiger partial charge in [-0.2, -0.15) is 0 Å². The fraction of sp³-hybridized carbons (Fsp3) is 0.919. The Labute approximate surface area is 284 Å². The van der Waals surface area contributed by atoms with Gasteiger partial charge in [-0.3, -0.25) is 13.8 Å². The number of rotatable bonds is 35. The molecule has 274 valence electrons. The van der Waals surface area contributed by atoms with Crippen LogP contribution in [0, 0.1) is 0 Å². The molecule has 0 amide bonds. The van der Waals surface area contributed by atoms with Crippen LogP contribution in [0.5, 0.6) is 0 Å². The second-order valence-electron chi connectivity index (χ2n) is 14.0. The summed E-state index contributed by atoms with van der Waals surface area (Å²) in [5.74, 6) is -0.320. The lowest BCUT2D eigenvalue weighted by molar-refractivity contribution is -0.870. The summed E-state index contributed by atoms with van der Waals surface area (Å²) in [7, 11) is 1.67. The van der Waals surface area contributed by atoms with Crippen LogP contribution in [0.4, 0.5) is 0 Å². The molecule has 0 aliphatic rings. The van der Waals surface area contributed by atoms with Crippen molar-refractivity contribution in [3.05, 3.63) is 12.2 Å². The lowest BCUT2D eigenvalue weighted by Gasteiger charge is -2.24. The Morgan fingerprint density at radius 3 is 1.65 bits per heavy atom. The van der Waals surface area contributed by atoms with E-state index < -0.39 is 13.9 Å². The van der Waals surface area contributed by atoms with Crippen molar-refractivity contribution >= 4 is 13.8 Å². The van der Waals surface area contributed by atoms with Crippen LogP contribution in [0.1, 0.15) is 162 Å². The molecule has 0 saturated carbocycles. The SMILES string of the molecule is CCCCCCCC/C=C\CCCCCCCCOCC(COP(=O)(O)OCC[N+](C)(C)C)OC(=O)CCCCCCCCCC. The van der Waals surface area contributed by atoms with Gasteiger partial charge in [-0.15, -0.1) is 0 Å². The Morgan fingerprint density at radius 1 is 0.652 bits per heavy atom. The Morgan fingerprint density at radius 2 is 1.13 bits per heavy atom. The number of ether oxygens (including phenoxy) is 2.